The Morgan fingerprint density at radius 3 is 3.00 bits per heavy atom. The molecule has 1 aliphatic heterocycles. The lowest BCUT2D eigenvalue weighted by Crippen LogP contribution is -2.31. The summed E-state index contributed by atoms with van der Waals surface area (Å²) in [6.45, 7) is 2.20. The molecule has 1 fully saturated rings. The van der Waals surface area contributed by atoms with Crippen LogP contribution in [-0.2, 0) is 0 Å². The Kier molecular flexibility index (Phi) is 4.55. The summed E-state index contributed by atoms with van der Waals surface area (Å²) in [7, 11) is 0. The van der Waals surface area contributed by atoms with Gasteiger partial charge in [-0.05, 0) is 18.1 Å². The van der Waals surface area contributed by atoms with Crippen LogP contribution in [0.5, 0.6) is 0 Å². The predicted molar refractivity (Wildman–Crippen MR) is 72.0 cm³/mol. The molecule has 2 rings (SSSR count). The van der Waals surface area contributed by atoms with Crippen molar-refractivity contribution in [2.75, 3.05) is 11.5 Å². The van der Waals surface area contributed by atoms with Crippen molar-refractivity contribution in [2.45, 2.75) is 29.9 Å². The maximum Gasteiger partial charge on any atom is 0.0934 e. The Bertz CT molecular complexity index is 320. The van der Waals surface area contributed by atoms with Crippen molar-refractivity contribution in [3.63, 3.8) is 0 Å². The Hall–Kier alpha value is -0.190. The van der Waals surface area contributed by atoms with E-state index in [0.717, 1.165) is 17.7 Å². The molecule has 1 N–H and O–H groups in total. The summed E-state index contributed by atoms with van der Waals surface area (Å²) >= 11 is 3.89. The third-order valence-electron chi connectivity index (χ3n) is 2.83. The molecule has 0 amide bonds. The zero-order chi connectivity index (χ0) is 11.4. The molecule has 3 atom stereocenters. The third kappa shape index (κ3) is 2.73. The number of thioether (sulfide) groups is 2. The number of nitrogens with zero attached hydrogens (tertiary/aromatic N) is 1. The second-order valence-electron chi connectivity index (χ2n) is 3.88. The van der Waals surface area contributed by atoms with Crippen molar-refractivity contribution in [3.8, 4) is 0 Å². The summed E-state index contributed by atoms with van der Waals surface area (Å²) in [5.74, 6) is 2.35. The highest BCUT2D eigenvalue weighted by Crippen LogP contribution is 2.39. The average Bonchev–Trinajstić information content (AvgIpc) is 2.39. The van der Waals surface area contributed by atoms with Gasteiger partial charge >= 0.3 is 0 Å². The van der Waals surface area contributed by atoms with Gasteiger partial charge in [-0.25, -0.2) is 0 Å². The molecule has 3 unspecified atom stereocenters. The zero-order valence-electron chi connectivity index (χ0n) is 9.37. The molecular formula is C12H17NOS2. The predicted octanol–water partition coefficient (Wildman–Crippen LogP) is 2.74. The third-order valence-corrected chi connectivity index (χ3v) is 6.17. The van der Waals surface area contributed by atoms with E-state index in [1.807, 2.05) is 35.7 Å². The summed E-state index contributed by atoms with van der Waals surface area (Å²) in [6, 6.07) is 3.85. The molecule has 0 bridgehead atoms. The first kappa shape index (κ1) is 12.3. The van der Waals surface area contributed by atoms with E-state index in [9.17, 15) is 5.11 Å². The average molecular weight is 255 g/mol. The van der Waals surface area contributed by atoms with E-state index in [-0.39, 0.29) is 6.10 Å². The quantitative estimate of drug-likeness (QED) is 0.900. The largest absolute Gasteiger partial charge is 0.387 e. The first-order valence-corrected chi connectivity index (χ1v) is 7.74. The van der Waals surface area contributed by atoms with Crippen molar-refractivity contribution in [1.82, 2.24) is 4.98 Å². The molecule has 4 heteroatoms. The van der Waals surface area contributed by atoms with Gasteiger partial charge in [-0.1, -0.05) is 13.0 Å². The van der Waals surface area contributed by atoms with Gasteiger partial charge in [0.25, 0.3) is 0 Å². The summed E-state index contributed by atoms with van der Waals surface area (Å²) in [5, 5.41) is 11.2. The molecule has 0 spiro atoms. The van der Waals surface area contributed by atoms with Crippen molar-refractivity contribution < 1.29 is 5.11 Å². The number of hydrogen-bond acceptors (Lipinski definition) is 4. The Labute approximate surface area is 105 Å². The summed E-state index contributed by atoms with van der Waals surface area (Å²) in [6.07, 6.45) is 4.27. The van der Waals surface area contributed by atoms with Gasteiger partial charge in [0.15, 0.2) is 0 Å². The van der Waals surface area contributed by atoms with Crippen molar-refractivity contribution >= 4 is 23.5 Å². The van der Waals surface area contributed by atoms with Gasteiger partial charge in [0, 0.05) is 34.4 Å². The highest BCUT2D eigenvalue weighted by atomic mass is 32.2. The lowest BCUT2D eigenvalue weighted by molar-refractivity contribution is 0.172. The fraction of sp³-hybridized carbons (Fsp3) is 0.583. The minimum absolute atomic E-state index is 0.313. The fourth-order valence-corrected chi connectivity index (χ4v) is 5.11. The van der Waals surface area contributed by atoms with Crippen LogP contribution in [0.25, 0.3) is 0 Å². The minimum atomic E-state index is -0.378. The van der Waals surface area contributed by atoms with Crippen LogP contribution in [0.15, 0.2) is 24.5 Å². The van der Waals surface area contributed by atoms with Gasteiger partial charge in [-0.2, -0.15) is 23.5 Å². The molecule has 0 aliphatic carbocycles. The Morgan fingerprint density at radius 2 is 2.31 bits per heavy atom. The van der Waals surface area contributed by atoms with Gasteiger partial charge in [-0.15, -0.1) is 0 Å². The molecule has 0 aromatic carbocycles. The van der Waals surface area contributed by atoms with Gasteiger partial charge < -0.3 is 5.11 Å². The first-order valence-electron chi connectivity index (χ1n) is 5.64. The first-order chi connectivity index (χ1) is 7.83. The number of hydrogen-bond donors (Lipinski definition) is 1. The van der Waals surface area contributed by atoms with Crippen LogP contribution >= 0.6 is 23.5 Å². The molecule has 1 aromatic heterocycles. The normalized spacial score (nSPS) is 27.6. The van der Waals surface area contributed by atoms with Gasteiger partial charge in [0.1, 0.15) is 0 Å². The van der Waals surface area contributed by atoms with Crippen LogP contribution in [-0.4, -0.2) is 32.1 Å². The molecule has 0 saturated carbocycles. The van der Waals surface area contributed by atoms with Gasteiger partial charge in [-0.3, -0.25) is 4.98 Å². The van der Waals surface area contributed by atoms with Crippen LogP contribution in [0.4, 0.5) is 0 Å². The van der Waals surface area contributed by atoms with E-state index in [4.69, 9.17) is 0 Å². The van der Waals surface area contributed by atoms with E-state index >= 15 is 0 Å². The molecule has 88 valence electrons. The van der Waals surface area contributed by atoms with E-state index < -0.39 is 0 Å². The molecule has 1 saturated heterocycles. The minimum Gasteiger partial charge on any atom is -0.387 e. The summed E-state index contributed by atoms with van der Waals surface area (Å²) < 4.78 is 0. The van der Waals surface area contributed by atoms with Gasteiger partial charge in [0.2, 0.25) is 0 Å². The van der Waals surface area contributed by atoms with E-state index in [1.54, 1.807) is 12.4 Å². The number of aliphatic hydroxyl groups excluding tert-OH is 1. The van der Waals surface area contributed by atoms with Crippen LogP contribution < -0.4 is 0 Å². The van der Waals surface area contributed by atoms with Crippen LogP contribution in [0.2, 0.25) is 0 Å². The molecule has 0 radical (unpaired) electrons. The summed E-state index contributed by atoms with van der Waals surface area (Å²) in [5.41, 5.74) is 0.945. The fourth-order valence-electron chi connectivity index (χ4n) is 1.97. The Balaban J connectivity index is 2.10. The van der Waals surface area contributed by atoms with Crippen LogP contribution in [0.1, 0.15) is 25.0 Å². The molecule has 1 aliphatic rings. The number of pyridine rings is 1. The standard InChI is InChI=1S/C12H17NOS2/c1-2-10-12(16-7-6-15-10)11(14)9-4-3-5-13-8-9/h3-5,8,10-12,14H,2,6-7H2,1H3. The van der Waals surface area contributed by atoms with E-state index in [1.165, 1.54) is 5.75 Å². The number of aromatic nitrogens is 1. The maximum absolute atomic E-state index is 10.4. The lowest BCUT2D eigenvalue weighted by Gasteiger charge is -2.33. The highest BCUT2D eigenvalue weighted by Gasteiger charge is 2.31. The van der Waals surface area contributed by atoms with Crippen molar-refractivity contribution in [1.29, 1.82) is 0 Å². The lowest BCUT2D eigenvalue weighted by atomic mass is 10.1. The number of aliphatic hydroxyl groups is 1. The summed E-state index contributed by atoms with van der Waals surface area (Å²) in [4.78, 5) is 4.08. The zero-order valence-corrected chi connectivity index (χ0v) is 11.0. The second-order valence-corrected chi connectivity index (χ2v) is 6.52. The highest BCUT2D eigenvalue weighted by molar-refractivity contribution is 8.07. The van der Waals surface area contributed by atoms with E-state index in [0.29, 0.717) is 10.5 Å². The van der Waals surface area contributed by atoms with Crippen LogP contribution in [0.3, 0.4) is 0 Å². The smallest absolute Gasteiger partial charge is 0.0934 e. The molecular weight excluding hydrogens is 238 g/mol. The van der Waals surface area contributed by atoms with Crippen molar-refractivity contribution in [2.24, 2.45) is 0 Å². The Morgan fingerprint density at radius 1 is 1.50 bits per heavy atom. The van der Waals surface area contributed by atoms with Crippen molar-refractivity contribution in [3.05, 3.63) is 30.1 Å². The molecule has 16 heavy (non-hydrogen) atoms. The molecule has 2 nitrogen and oxygen atoms in total. The maximum atomic E-state index is 10.4. The van der Waals surface area contributed by atoms with E-state index in [2.05, 4.69) is 11.9 Å². The van der Waals surface area contributed by atoms with Crippen LogP contribution in [0, 0.1) is 0 Å². The molecule has 2 heterocycles. The second kappa shape index (κ2) is 5.94. The number of rotatable bonds is 3. The SMILES string of the molecule is CCC1SCCSC1C(O)c1cccnc1. The van der Waals surface area contributed by atoms with Gasteiger partial charge in [0.05, 0.1) is 6.10 Å². The topological polar surface area (TPSA) is 33.1 Å². The monoisotopic (exact) mass is 255 g/mol. The molecule has 1 aromatic rings.